The summed E-state index contributed by atoms with van der Waals surface area (Å²) in [5.41, 5.74) is 0. The molecule has 0 rings (SSSR count). The molecule has 1 atom stereocenters. The Bertz CT molecular complexity index is 200. The van der Waals surface area contributed by atoms with Crippen LogP contribution in [0.5, 0.6) is 0 Å². The molecule has 0 amide bonds. The third-order valence-corrected chi connectivity index (χ3v) is 4.05. The number of carbonyl (C=O) groups is 1. The number of rotatable bonds is 12. The maximum absolute atomic E-state index is 11.9. The fourth-order valence-electron chi connectivity index (χ4n) is 1.72. The molecule has 1 unspecified atom stereocenters. The van der Waals surface area contributed by atoms with Crippen LogP contribution in [0.25, 0.3) is 0 Å². The number of alkyl halides is 1. The lowest BCUT2D eigenvalue weighted by atomic mass is 10.2. The quantitative estimate of drug-likeness (QED) is 0.391. The predicted octanol–water partition coefficient (Wildman–Crippen LogP) is 4.37. The molecule has 18 heavy (non-hydrogen) atoms. The standard InChI is InChI=1S/C14H27FO2S/c1-3-10-13(14(16)17-4-2)18-12-9-7-5-6-8-11-15/h13H,3-12H2,1-2H3. The van der Waals surface area contributed by atoms with Gasteiger partial charge < -0.3 is 4.74 Å². The van der Waals surface area contributed by atoms with Crippen LogP contribution in [0.15, 0.2) is 0 Å². The number of hydrogen-bond acceptors (Lipinski definition) is 3. The number of esters is 1. The van der Waals surface area contributed by atoms with E-state index in [4.69, 9.17) is 4.74 Å². The first-order valence-electron chi connectivity index (χ1n) is 7.10. The van der Waals surface area contributed by atoms with Gasteiger partial charge in [0, 0.05) is 0 Å². The van der Waals surface area contributed by atoms with Gasteiger partial charge in [0.25, 0.3) is 0 Å². The van der Waals surface area contributed by atoms with E-state index in [1.165, 1.54) is 0 Å². The first-order chi connectivity index (χ1) is 8.76. The molecule has 0 aromatic carbocycles. The van der Waals surface area contributed by atoms with Crippen LogP contribution in [0.4, 0.5) is 4.39 Å². The molecule has 0 fully saturated rings. The van der Waals surface area contributed by atoms with E-state index in [2.05, 4.69) is 6.92 Å². The second kappa shape index (κ2) is 13.2. The van der Waals surface area contributed by atoms with E-state index in [1.807, 2.05) is 6.92 Å². The highest BCUT2D eigenvalue weighted by Gasteiger charge is 2.18. The van der Waals surface area contributed by atoms with Crippen molar-refractivity contribution in [2.75, 3.05) is 19.0 Å². The second-order valence-electron chi connectivity index (χ2n) is 4.36. The van der Waals surface area contributed by atoms with Gasteiger partial charge in [0.15, 0.2) is 0 Å². The largest absolute Gasteiger partial charge is 0.465 e. The van der Waals surface area contributed by atoms with Crippen molar-refractivity contribution >= 4 is 17.7 Å². The van der Waals surface area contributed by atoms with Crippen LogP contribution >= 0.6 is 11.8 Å². The zero-order chi connectivity index (χ0) is 13.6. The lowest BCUT2D eigenvalue weighted by molar-refractivity contribution is -0.142. The van der Waals surface area contributed by atoms with Crippen molar-refractivity contribution in [2.45, 2.75) is 64.0 Å². The molecule has 0 radical (unpaired) electrons. The van der Waals surface area contributed by atoms with Gasteiger partial charge in [-0.05, 0) is 31.9 Å². The number of carbonyl (C=O) groups excluding carboxylic acids is 1. The van der Waals surface area contributed by atoms with Crippen LogP contribution in [0, 0.1) is 0 Å². The van der Waals surface area contributed by atoms with Crippen LogP contribution in [-0.2, 0) is 9.53 Å². The summed E-state index contributed by atoms with van der Waals surface area (Å²) in [6.07, 6.45) is 6.91. The number of halogens is 1. The zero-order valence-electron chi connectivity index (χ0n) is 11.8. The normalized spacial score (nSPS) is 12.4. The average molecular weight is 278 g/mol. The molecule has 0 aromatic rings. The van der Waals surface area contributed by atoms with Crippen LogP contribution in [0.3, 0.4) is 0 Å². The van der Waals surface area contributed by atoms with Crippen molar-refractivity contribution in [3.63, 3.8) is 0 Å². The molecule has 4 heteroatoms. The van der Waals surface area contributed by atoms with Gasteiger partial charge in [0.1, 0.15) is 5.25 Å². The maximum atomic E-state index is 11.9. The second-order valence-corrected chi connectivity index (χ2v) is 5.67. The highest BCUT2D eigenvalue weighted by molar-refractivity contribution is 8.00. The summed E-state index contributed by atoms with van der Waals surface area (Å²) in [5.74, 6) is 0.931. The van der Waals surface area contributed by atoms with E-state index < -0.39 is 0 Å². The van der Waals surface area contributed by atoms with E-state index in [0.717, 1.165) is 44.3 Å². The molecule has 0 N–H and O–H groups in total. The van der Waals surface area contributed by atoms with Crippen molar-refractivity contribution in [1.29, 1.82) is 0 Å². The maximum Gasteiger partial charge on any atom is 0.319 e. The van der Waals surface area contributed by atoms with Crippen molar-refractivity contribution in [3.8, 4) is 0 Å². The summed E-state index contributed by atoms with van der Waals surface area (Å²) in [7, 11) is 0. The monoisotopic (exact) mass is 278 g/mol. The van der Waals surface area contributed by atoms with Gasteiger partial charge in [0.2, 0.25) is 0 Å². The topological polar surface area (TPSA) is 26.3 Å². The molecule has 0 aliphatic heterocycles. The first kappa shape index (κ1) is 17.8. The lowest BCUT2D eigenvalue weighted by Crippen LogP contribution is -2.20. The van der Waals surface area contributed by atoms with E-state index in [0.29, 0.717) is 13.0 Å². The fraction of sp³-hybridized carbons (Fsp3) is 0.929. The Labute approximate surface area is 115 Å². The Morgan fingerprint density at radius 3 is 2.44 bits per heavy atom. The molecule has 0 saturated carbocycles. The van der Waals surface area contributed by atoms with Crippen LogP contribution in [-0.4, -0.2) is 30.3 Å². The highest BCUT2D eigenvalue weighted by Crippen LogP contribution is 2.20. The smallest absolute Gasteiger partial charge is 0.319 e. The Hall–Kier alpha value is -0.250. The highest BCUT2D eigenvalue weighted by atomic mass is 32.2. The molecule has 0 bridgehead atoms. The summed E-state index contributed by atoms with van der Waals surface area (Å²) in [6.45, 7) is 4.19. The summed E-state index contributed by atoms with van der Waals surface area (Å²) in [5, 5.41) is 0.000733. The minimum absolute atomic E-state index is 0.000733. The van der Waals surface area contributed by atoms with Crippen LogP contribution < -0.4 is 0 Å². The molecule has 108 valence electrons. The molecular formula is C14H27FO2S. The van der Waals surface area contributed by atoms with Crippen LogP contribution in [0.1, 0.15) is 58.8 Å². The van der Waals surface area contributed by atoms with Crippen molar-refractivity contribution in [3.05, 3.63) is 0 Å². The third kappa shape index (κ3) is 9.75. The van der Waals surface area contributed by atoms with Gasteiger partial charge in [-0.2, -0.15) is 0 Å². The molecule has 2 nitrogen and oxygen atoms in total. The van der Waals surface area contributed by atoms with Crippen LogP contribution in [0.2, 0.25) is 0 Å². The van der Waals surface area contributed by atoms with Gasteiger partial charge in [-0.25, -0.2) is 0 Å². The van der Waals surface area contributed by atoms with E-state index in [9.17, 15) is 9.18 Å². The molecule has 0 heterocycles. The number of unbranched alkanes of at least 4 members (excludes halogenated alkanes) is 4. The van der Waals surface area contributed by atoms with Crippen molar-refractivity contribution in [1.82, 2.24) is 0 Å². The Balaban J connectivity index is 3.60. The lowest BCUT2D eigenvalue weighted by Gasteiger charge is -2.14. The number of ether oxygens (including phenoxy) is 1. The van der Waals surface area contributed by atoms with E-state index >= 15 is 0 Å². The Kier molecular flexibility index (Phi) is 13.0. The van der Waals surface area contributed by atoms with E-state index in [-0.39, 0.29) is 17.9 Å². The van der Waals surface area contributed by atoms with Gasteiger partial charge in [-0.3, -0.25) is 9.18 Å². The summed E-state index contributed by atoms with van der Waals surface area (Å²) < 4.78 is 16.9. The van der Waals surface area contributed by atoms with Gasteiger partial charge >= 0.3 is 5.97 Å². The SMILES string of the molecule is CCCC(SCCCCCCCF)C(=O)OCC. The number of thioether (sulfide) groups is 1. The summed E-state index contributed by atoms with van der Waals surface area (Å²) >= 11 is 1.71. The molecule has 0 aromatic heterocycles. The average Bonchev–Trinajstić information content (AvgIpc) is 2.36. The molecule has 0 aliphatic carbocycles. The first-order valence-corrected chi connectivity index (χ1v) is 8.15. The zero-order valence-corrected chi connectivity index (χ0v) is 12.6. The summed E-state index contributed by atoms with van der Waals surface area (Å²) in [6, 6.07) is 0. The minimum Gasteiger partial charge on any atom is -0.465 e. The molecule has 0 spiro atoms. The Morgan fingerprint density at radius 1 is 1.17 bits per heavy atom. The third-order valence-electron chi connectivity index (χ3n) is 2.70. The number of hydrogen-bond donors (Lipinski definition) is 0. The van der Waals surface area contributed by atoms with Gasteiger partial charge in [-0.1, -0.05) is 32.6 Å². The molecular weight excluding hydrogens is 251 g/mol. The molecule has 0 saturated heterocycles. The van der Waals surface area contributed by atoms with Crippen molar-refractivity contribution < 1.29 is 13.9 Å². The van der Waals surface area contributed by atoms with Crippen molar-refractivity contribution in [2.24, 2.45) is 0 Å². The fourth-order valence-corrected chi connectivity index (χ4v) is 2.98. The Morgan fingerprint density at radius 2 is 1.83 bits per heavy atom. The predicted molar refractivity (Wildman–Crippen MR) is 76.8 cm³/mol. The van der Waals surface area contributed by atoms with Gasteiger partial charge in [0.05, 0.1) is 13.3 Å². The van der Waals surface area contributed by atoms with Gasteiger partial charge in [-0.15, -0.1) is 11.8 Å². The minimum atomic E-state index is -0.198. The molecule has 0 aliphatic rings. The van der Waals surface area contributed by atoms with E-state index in [1.54, 1.807) is 11.8 Å². The summed E-state index contributed by atoms with van der Waals surface area (Å²) in [4.78, 5) is 11.7.